The van der Waals surface area contributed by atoms with Gasteiger partial charge < -0.3 is 15.1 Å². The molecule has 0 radical (unpaired) electrons. The zero-order chi connectivity index (χ0) is 30.0. The topological polar surface area (TPSA) is 81.1 Å². The summed E-state index contributed by atoms with van der Waals surface area (Å²) in [5, 5.41) is 3.09. The van der Waals surface area contributed by atoms with Gasteiger partial charge in [0.25, 0.3) is 5.91 Å². The number of carbonyl (C=O) groups excluding carboxylic acids is 2. The lowest BCUT2D eigenvalue weighted by Crippen LogP contribution is -2.56. The average Bonchev–Trinajstić information content (AvgIpc) is 3.57. The number of pyridine rings is 1. The van der Waals surface area contributed by atoms with Crippen molar-refractivity contribution in [3.05, 3.63) is 132 Å². The van der Waals surface area contributed by atoms with Gasteiger partial charge in [-0.3, -0.25) is 19.5 Å². The van der Waals surface area contributed by atoms with Crippen LogP contribution in [0.15, 0.2) is 120 Å². The molecule has 44 heavy (non-hydrogen) atoms. The van der Waals surface area contributed by atoms with E-state index in [-0.39, 0.29) is 11.8 Å². The molecule has 2 amide bonds. The summed E-state index contributed by atoms with van der Waals surface area (Å²) in [6.45, 7) is 3.54. The van der Waals surface area contributed by atoms with Crippen LogP contribution in [0.5, 0.6) is 0 Å². The molecule has 0 saturated carbocycles. The Bertz CT molecular complexity index is 1600. The maximum atomic E-state index is 14.6. The zero-order valence-corrected chi connectivity index (χ0v) is 24.7. The molecule has 1 spiro atoms. The van der Waals surface area contributed by atoms with Gasteiger partial charge >= 0.3 is 0 Å². The molecule has 4 aromatic rings. The summed E-state index contributed by atoms with van der Waals surface area (Å²) < 4.78 is 0. The summed E-state index contributed by atoms with van der Waals surface area (Å²) in [4.78, 5) is 44.0. The van der Waals surface area contributed by atoms with E-state index >= 15 is 0 Å². The van der Waals surface area contributed by atoms with Gasteiger partial charge in [-0.1, -0.05) is 84.9 Å². The Kier molecular flexibility index (Phi) is 7.44. The van der Waals surface area contributed by atoms with Crippen LogP contribution in [-0.2, 0) is 15.1 Å². The first-order valence-electron chi connectivity index (χ1n) is 15.4. The molecule has 4 heterocycles. The fourth-order valence-corrected chi connectivity index (χ4v) is 6.99. The third-order valence-electron chi connectivity index (χ3n) is 9.31. The number of aromatic nitrogens is 1. The van der Waals surface area contributed by atoms with Crippen LogP contribution in [-0.4, -0.2) is 70.8 Å². The molecule has 1 N–H and O–H groups in total. The van der Waals surface area contributed by atoms with E-state index in [9.17, 15) is 9.59 Å². The van der Waals surface area contributed by atoms with Gasteiger partial charge in [0.05, 0.1) is 6.67 Å². The second-order valence-electron chi connectivity index (χ2n) is 11.7. The maximum Gasteiger partial charge on any atom is 0.265 e. The maximum absolute atomic E-state index is 14.6. The molecule has 222 valence electrons. The fourth-order valence-electron chi connectivity index (χ4n) is 6.99. The molecule has 3 aliphatic rings. The van der Waals surface area contributed by atoms with Crippen molar-refractivity contribution in [2.75, 3.05) is 37.7 Å². The van der Waals surface area contributed by atoms with E-state index in [0.717, 1.165) is 55.7 Å². The number of hydrogen-bond donors (Lipinski definition) is 1. The minimum Gasteiger partial charge on any atom is -0.339 e. The lowest BCUT2D eigenvalue weighted by molar-refractivity contribution is -0.130. The number of para-hydroxylation sites is 1. The second kappa shape index (κ2) is 11.7. The van der Waals surface area contributed by atoms with Crippen molar-refractivity contribution in [1.82, 2.24) is 20.1 Å². The van der Waals surface area contributed by atoms with Crippen LogP contribution in [0.25, 0.3) is 0 Å². The van der Waals surface area contributed by atoms with Gasteiger partial charge in [0.15, 0.2) is 11.4 Å². The molecule has 1 aromatic heterocycles. The van der Waals surface area contributed by atoms with Crippen LogP contribution >= 0.6 is 0 Å². The van der Waals surface area contributed by atoms with Gasteiger partial charge in [-0.15, -0.1) is 0 Å². The molecular weight excluding hydrogens is 548 g/mol. The first-order chi connectivity index (χ1) is 21.6. The first-order valence-corrected chi connectivity index (χ1v) is 15.4. The normalized spacial score (nSPS) is 19.3. The Morgan fingerprint density at radius 2 is 1.34 bits per heavy atom. The highest BCUT2D eigenvalue weighted by molar-refractivity contribution is 6.16. The highest BCUT2D eigenvalue weighted by Gasteiger charge is 2.52. The van der Waals surface area contributed by atoms with Crippen molar-refractivity contribution in [3.63, 3.8) is 0 Å². The third-order valence-corrected chi connectivity index (χ3v) is 9.31. The Labute approximate surface area is 258 Å². The number of hydrogen-bond acceptors (Lipinski definition) is 6. The molecule has 2 fully saturated rings. The Morgan fingerprint density at radius 1 is 0.727 bits per heavy atom. The zero-order valence-electron chi connectivity index (χ0n) is 24.7. The molecule has 2 saturated heterocycles. The standard InChI is InChI=1S/C36H36N6O2/c43-33-35(42(27-38-33)30-17-8-3-9-18-30)20-25-40(26-21-35)23-12-24-41-32(31-19-10-11-22-37-31)39-36(34(41)44,28-13-4-1-5-14-28)29-15-6-2-7-16-29/h1-11,13-19,22H,12,20-21,23-27H2,(H,38,43). The summed E-state index contributed by atoms with van der Waals surface area (Å²) in [6, 6.07) is 35.6. The van der Waals surface area contributed by atoms with Crippen LogP contribution in [0, 0.1) is 0 Å². The van der Waals surface area contributed by atoms with Crippen LogP contribution in [0.1, 0.15) is 36.1 Å². The van der Waals surface area contributed by atoms with Gasteiger partial charge in [-0.25, -0.2) is 4.99 Å². The van der Waals surface area contributed by atoms with Crippen LogP contribution in [0.2, 0.25) is 0 Å². The number of piperidine rings is 1. The van der Waals surface area contributed by atoms with Crippen LogP contribution in [0.4, 0.5) is 5.69 Å². The number of aliphatic imine (C=N–C) groups is 1. The van der Waals surface area contributed by atoms with E-state index in [1.807, 2.05) is 102 Å². The Balaban J connectivity index is 1.10. The number of amides is 2. The minimum atomic E-state index is -1.18. The quantitative estimate of drug-likeness (QED) is 0.332. The third kappa shape index (κ3) is 4.75. The first kappa shape index (κ1) is 28.0. The lowest BCUT2D eigenvalue weighted by Gasteiger charge is -2.43. The SMILES string of the molecule is O=C1N(CCCN2CCC3(CC2)C(=O)NCN3c2ccccc2)C(c2ccccn2)=NC1(c1ccccc1)c1ccccc1. The van der Waals surface area contributed by atoms with Crippen molar-refractivity contribution >= 4 is 23.3 Å². The van der Waals surface area contributed by atoms with Crippen molar-refractivity contribution < 1.29 is 9.59 Å². The highest BCUT2D eigenvalue weighted by Crippen LogP contribution is 2.41. The second-order valence-corrected chi connectivity index (χ2v) is 11.7. The molecule has 8 nitrogen and oxygen atoms in total. The number of benzene rings is 3. The summed E-state index contributed by atoms with van der Waals surface area (Å²) in [7, 11) is 0. The molecule has 0 unspecified atom stereocenters. The number of amidine groups is 1. The average molecular weight is 585 g/mol. The van der Waals surface area contributed by atoms with Crippen LogP contribution in [0.3, 0.4) is 0 Å². The number of anilines is 1. The monoisotopic (exact) mass is 584 g/mol. The van der Waals surface area contributed by atoms with E-state index in [2.05, 4.69) is 32.2 Å². The minimum absolute atomic E-state index is 0.0609. The number of likely N-dealkylation sites (tertiary alicyclic amines) is 1. The summed E-state index contributed by atoms with van der Waals surface area (Å²) in [6.07, 6.45) is 4.05. The lowest BCUT2D eigenvalue weighted by atomic mass is 9.83. The molecule has 8 heteroatoms. The van der Waals surface area contributed by atoms with E-state index in [4.69, 9.17) is 4.99 Å². The molecule has 0 bridgehead atoms. The van der Waals surface area contributed by atoms with Gasteiger partial charge in [0.2, 0.25) is 5.91 Å². The smallest absolute Gasteiger partial charge is 0.265 e. The largest absolute Gasteiger partial charge is 0.339 e. The van der Waals surface area contributed by atoms with Crippen molar-refractivity contribution in [1.29, 1.82) is 0 Å². The fraction of sp³-hybridized carbons (Fsp3) is 0.278. The molecular formula is C36H36N6O2. The number of carbonyl (C=O) groups is 2. The van der Waals surface area contributed by atoms with E-state index in [1.54, 1.807) is 6.20 Å². The van der Waals surface area contributed by atoms with E-state index in [1.165, 1.54) is 0 Å². The number of nitrogens with one attached hydrogen (secondary N) is 1. The summed E-state index contributed by atoms with van der Waals surface area (Å²) in [5.41, 5.74) is 1.75. The summed E-state index contributed by atoms with van der Waals surface area (Å²) in [5.74, 6) is 0.661. The predicted octanol–water partition coefficient (Wildman–Crippen LogP) is 4.43. The molecule has 7 rings (SSSR count). The molecule has 0 atom stereocenters. The van der Waals surface area contributed by atoms with Gasteiger partial charge in [-0.05, 0) is 61.2 Å². The van der Waals surface area contributed by atoms with Gasteiger partial charge in [-0.2, -0.15) is 0 Å². The number of nitrogens with zero attached hydrogens (tertiary/aromatic N) is 5. The molecule has 3 aromatic carbocycles. The van der Waals surface area contributed by atoms with Crippen molar-refractivity contribution in [2.45, 2.75) is 30.3 Å². The predicted molar refractivity (Wildman–Crippen MR) is 171 cm³/mol. The van der Waals surface area contributed by atoms with Crippen LogP contribution < -0.4 is 10.2 Å². The van der Waals surface area contributed by atoms with E-state index < -0.39 is 11.1 Å². The van der Waals surface area contributed by atoms with E-state index in [0.29, 0.717) is 24.7 Å². The molecule has 3 aliphatic heterocycles. The van der Waals surface area contributed by atoms with Crippen molar-refractivity contribution in [3.8, 4) is 0 Å². The highest BCUT2D eigenvalue weighted by atomic mass is 16.2. The number of rotatable bonds is 8. The Morgan fingerprint density at radius 3 is 1.95 bits per heavy atom. The molecule has 0 aliphatic carbocycles. The van der Waals surface area contributed by atoms with Gasteiger partial charge in [0.1, 0.15) is 11.2 Å². The Hall–Kier alpha value is -4.82. The van der Waals surface area contributed by atoms with Crippen molar-refractivity contribution in [2.24, 2.45) is 4.99 Å². The summed E-state index contributed by atoms with van der Waals surface area (Å²) >= 11 is 0. The van der Waals surface area contributed by atoms with Gasteiger partial charge in [0, 0.05) is 31.5 Å².